The number of carbonyl (C=O) groups is 1. The van der Waals surface area contributed by atoms with E-state index in [1.54, 1.807) is 0 Å². The smallest absolute Gasteiger partial charge is 0.252 e. The Labute approximate surface area is 151 Å². The normalized spacial score (nSPS) is 17.5. The molecule has 1 N–H and O–H groups in total. The van der Waals surface area contributed by atoms with Crippen molar-refractivity contribution in [1.29, 1.82) is 0 Å². The first-order chi connectivity index (χ1) is 12.2. The molecule has 2 heterocycles. The third-order valence-corrected chi connectivity index (χ3v) is 5.40. The molecular formula is C19H23N3O2S. The summed E-state index contributed by atoms with van der Waals surface area (Å²) in [6.45, 7) is 2.97. The first-order valence-corrected chi connectivity index (χ1v) is 9.75. The van der Waals surface area contributed by atoms with Gasteiger partial charge in [0.25, 0.3) is 5.56 Å². The Morgan fingerprint density at radius 3 is 2.88 bits per heavy atom. The summed E-state index contributed by atoms with van der Waals surface area (Å²) in [5.74, 6) is 0.432. The van der Waals surface area contributed by atoms with Gasteiger partial charge in [0.05, 0.1) is 11.4 Å². The lowest BCUT2D eigenvalue weighted by Gasteiger charge is -2.35. The summed E-state index contributed by atoms with van der Waals surface area (Å²) in [5, 5.41) is 0.491. The minimum absolute atomic E-state index is 0.129. The quantitative estimate of drug-likeness (QED) is 0.658. The van der Waals surface area contributed by atoms with E-state index in [-0.39, 0.29) is 11.5 Å². The van der Waals surface area contributed by atoms with Gasteiger partial charge in [-0.1, -0.05) is 49.0 Å². The van der Waals surface area contributed by atoms with Gasteiger partial charge in [0, 0.05) is 24.2 Å². The molecule has 2 aromatic rings. The molecule has 0 aliphatic carbocycles. The van der Waals surface area contributed by atoms with Crippen molar-refractivity contribution in [2.75, 3.05) is 12.3 Å². The summed E-state index contributed by atoms with van der Waals surface area (Å²) in [7, 11) is 0. The molecule has 0 bridgehead atoms. The van der Waals surface area contributed by atoms with Gasteiger partial charge in [0.1, 0.15) is 0 Å². The molecule has 1 unspecified atom stereocenters. The molecule has 0 radical (unpaired) electrons. The van der Waals surface area contributed by atoms with Gasteiger partial charge in [-0.2, -0.15) is 0 Å². The van der Waals surface area contributed by atoms with E-state index in [0.717, 1.165) is 31.4 Å². The molecule has 1 aromatic heterocycles. The van der Waals surface area contributed by atoms with Crippen molar-refractivity contribution >= 4 is 17.7 Å². The van der Waals surface area contributed by atoms with Gasteiger partial charge in [0.2, 0.25) is 5.91 Å². The van der Waals surface area contributed by atoms with Crippen molar-refractivity contribution in [3.63, 3.8) is 0 Å². The molecule has 25 heavy (non-hydrogen) atoms. The van der Waals surface area contributed by atoms with Crippen LogP contribution < -0.4 is 5.56 Å². The van der Waals surface area contributed by atoms with Crippen LogP contribution in [0, 0.1) is 0 Å². The molecule has 1 aromatic carbocycles. The van der Waals surface area contributed by atoms with Crippen LogP contribution >= 0.6 is 11.8 Å². The molecule has 1 saturated heterocycles. The standard InChI is InChI=1S/C19H23N3O2S/c1-2-15-10-6-7-11-22(15)18(24)13-25-19-20-16(12-17(23)21-19)14-8-4-3-5-9-14/h3-5,8-9,12,15H,2,6-7,10-11,13H2,1H3,(H,20,21,23). The zero-order chi connectivity index (χ0) is 17.6. The predicted molar refractivity (Wildman–Crippen MR) is 101 cm³/mol. The van der Waals surface area contributed by atoms with Gasteiger partial charge in [-0.25, -0.2) is 4.98 Å². The third-order valence-electron chi connectivity index (χ3n) is 4.54. The van der Waals surface area contributed by atoms with Crippen molar-refractivity contribution in [1.82, 2.24) is 14.9 Å². The summed E-state index contributed by atoms with van der Waals surface area (Å²) < 4.78 is 0. The molecule has 0 spiro atoms. The number of hydrogen-bond acceptors (Lipinski definition) is 4. The second-order valence-corrected chi connectivity index (χ2v) is 7.20. The van der Waals surface area contributed by atoms with E-state index in [9.17, 15) is 9.59 Å². The van der Waals surface area contributed by atoms with Gasteiger partial charge in [-0.15, -0.1) is 0 Å². The number of piperidine rings is 1. The highest BCUT2D eigenvalue weighted by Crippen LogP contribution is 2.22. The molecule has 1 amide bonds. The summed E-state index contributed by atoms with van der Waals surface area (Å²) in [6, 6.07) is 11.4. The molecule has 1 fully saturated rings. The predicted octanol–water partition coefficient (Wildman–Crippen LogP) is 3.32. The average Bonchev–Trinajstić information content (AvgIpc) is 2.66. The van der Waals surface area contributed by atoms with Gasteiger partial charge < -0.3 is 9.88 Å². The SMILES string of the molecule is CCC1CCCCN1C(=O)CSc1nc(-c2ccccc2)cc(=O)[nH]1. The van der Waals surface area contributed by atoms with Crippen LogP contribution in [-0.4, -0.2) is 39.1 Å². The van der Waals surface area contributed by atoms with Crippen molar-refractivity contribution in [2.45, 2.75) is 43.8 Å². The van der Waals surface area contributed by atoms with Crippen molar-refractivity contribution < 1.29 is 4.79 Å². The Balaban J connectivity index is 1.70. The fourth-order valence-electron chi connectivity index (χ4n) is 3.23. The zero-order valence-corrected chi connectivity index (χ0v) is 15.2. The van der Waals surface area contributed by atoms with Crippen LogP contribution in [0.25, 0.3) is 11.3 Å². The number of carbonyl (C=O) groups excluding carboxylic acids is 1. The van der Waals surface area contributed by atoms with Crippen LogP contribution in [0.4, 0.5) is 0 Å². The first kappa shape index (κ1) is 17.7. The van der Waals surface area contributed by atoms with Crippen LogP contribution in [0.1, 0.15) is 32.6 Å². The van der Waals surface area contributed by atoms with E-state index in [2.05, 4.69) is 16.9 Å². The maximum atomic E-state index is 12.6. The van der Waals surface area contributed by atoms with Gasteiger partial charge in [-0.05, 0) is 25.7 Å². The number of amides is 1. The second kappa shape index (κ2) is 8.34. The second-order valence-electron chi connectivity index (χ2n) is 6.24. The lowest BCUT2D eigenvalue weighted by atomic mass is 10.0. The minimum Gasteiger partial charge on any atom is -0.339 e. The molecule has 1 atom stereocenters. The largest absolute Gasteiger partial charge is 0.339 e. The number of thioether (sulfide) groups is 1. The fraction of sp³-hybridized carbons (Fsp3) is 0.421. The van der Waals surface area contributed by atoms with E-state index >= 15 is 0 Å². The maximum Gasteiger partial charge on any atom is 0.252 e. The van der Waals surface area contributed by atoms with E-state index in [1.165, 1.54) is 24.2 Å². The monoisotopic (exact) mass is 357 g/mol. The number of aromatic amines is 1. The first-order valence-electron chi connectivity index (χ1n) is 8.76. The van der Waals surface area contributed by atoms with Crippen molar-refractivity contribution in [3.8, 4) is 11.3 Å². The minimum atomic E-state index is -0.201. The van der Waals surface area contributed by atoms with E-state index in [4.69, 9.17) is 0 Å². The Kier molecular flexibility index (Phi) is 5.91. The molecule has 1 aliphatic heterocycles. The number of benzene rings is 1. The number of nitrogens with one attached hydrogen (secondary N) is 1. The zero-order valence-electron chi connectivity index (χ0n) is 14.4. The Hall–Kier alpha value is -2.08. The van der Waals surface area contributed by atoms with Crippen LogP contribution in [0.2, 0.25) is 0 Å². The molecular weight excluding hydrogens is 334 g/mol. The molecule has 0 saturated carbocycles. The number of rotatable bonds is 5. The van der Waals surface area contributed by atoms with Gasteiger partial charge in [0.15, 0.2) is 5.16 Å². The topological polar surface area (TPSA) is 66.1 Å². The van der Waals surface area contributed by atoms with Crippen molar-refractivity contribution in [3.05, 3.63) is 46.8 Å². The molecule has 3 rings (SSSR count). The molecule has 5 nitrogen and oxygen atoms in total. The van der Waals surface area contributed by atoms with Crippen molar-refractivity contribution in [2.24, 2.45) is 0 Å². The van der Waals surface area contributed by atoms with E-state index in [0.29, 0.717) is 22.6 Å². The number of nitrogens with zero attached hydrogens (tertiary/aromatic N) is 2. The Morgan fingerprint density at radius 2 is 2.12 bits per heavy atom. The summed E-state index contributed by atoms with van der Waals surface area (Å²) >= 11 is 1.30. The highest BCUT2D eigenvalue weighted by atomic mass is 32.2. The van der Waals surface area contributed by atoms with E-state index in [1.807, 2.05) is 35.2 Å². The Bertz CT molecular complexity index is 776. The number of likely N-dealkylation sites (tertiary alicyclic amines) is 1. The highest BCUT2D eigenvalue weighted by Gasteiger charge is 2.25. The summed E-state index contributed by atoms with van der Waals surface area (Å²) in [6.07, 6.45) is 4.36. The number of hydrogen-bond donors (Lipinski definition) is 1. The lowest BCUT2D eigenvalue weighted by Crippen LogP contribution is -2.44. The lowest BCUT2D eigenvalue weighted by molar-refractivity contribution is -0.132. The highest BCUT2D eigenvalue weighted by molar-refractivity contribution is 7.99. The number of aromatic nitrogens is 2. The van der Waals surface area contributed by atoms with Crippen LogP contribution in [0.15, 0.2) is 46.3 Å². The summed E-state index contributed by atoms with van der Waals surface area (Å²) in [4.78, 5) is 33.7. The molecule has 1 aliphatic rings. The Morgan fingerprint density at radius 1 is 1.32 bits per heavy atom. The maximum absolute atomic E-state index is 12.6. The summed E-state index contributed by atoms with van der Waals surface area (Å²) in [5.41, 5.74) is 1.32. The van der Waals surface area contributed by atoms with Crippen LogP contribution in [-0.2, 0) is 4.79 Å². The third kappa shape index (κ3) is 4.51. The number of H-pyrrole nitrogens is 1. The average molecular weight is 357 g/mol. The van der Waals surface area contributed by atoms with Gasteiger partial charge in [-0.3, -0.25) is 9.59 Å². The fourth-order valence-corrected chi connectivity index (χ4v) is 3.99. The van der Waals surface area contributed by atoms with Crippen LogP contribution in [0.5, 0.6) is 0 Å². The van der Waals surface area contributed by atoms with E-state index < -0.39 is 0 Å². The van der Waals surface area contributed by atoms with Crippen LogP contribution in [0.3, 0.4) is 0 Å². The van der Waals surface area contributed by atoms with Gasteiger partial charge >= 0.3 is 0 Å². The molecule has 132 valence electrons. The molecule has 6 heteroatoms.